The quantitative estimate of drug-likeness (QED) is 0.591. The normalized spacial score (nSPS) is 19.1. The molecule has 166 valence electrons. The second-order valence-corrected chi connectivity index (χ2v) is 8.21. The van der Waals surface area contributed by atoms with Crippen LogP contribution in [0, 0.1) is 12.7 Å². The van der Waals surface area contributed by atoms with Crippen molar-refractivity contribution in [2.24, 2.45) is 0 Å². The zero-order valence-corrected chi connectivity index (χ0v) is 17.8. The van der Waals surface area contributed by atoms with Crippen LogP contribution in [0.25, 0.3) is 0 Å². The maximum Gasteiger partial charge on any atom is 0.314 e. The molecule has 3 N–H and O–H groups in total. The largest absolute Gasteiger partial charge is 0.379 e. The van der Waals surface area contributed by atoms with Crippen LogP contribution in [0.1, 0.15) is 48.0 Å². The lowest BCUT2D eigenvalue weighted by Gasteiger charge is -2.48. The summed E-state index contributed by atoms with van der Waals surface area (Å²) >= 11 is 0. The monoisotopic (exact) mass is 420 g/mol. The third-order valence-electron chi connectivity index (χ3n) is 6.17. The molecule has 1 saturated carbocycles. The number of ether oxygens (including phenoxy) is 1. The minimum Gasteiger partial charge on any atom is -0.379 e. The average Bonchev–Trinajstić information content (AvgIpc) is 2.78. The topological polar surface area (TPSA) is 82.7 Å². The fraction of sp³-hybridized carbons (Fsp3) is 0.636. The van der Waals surface area contributed by atoms with Crippen LogP contribution in [0.15, 0.2) is 18.2 Å². The number of hydrogen-bond acceptors (Lipinski definition) is 4. The summed E-state index contributed by atoms with van der Waals surface area (Å²) in [5, 5.41) is 8.51. The van der Waals surface area contributed by atoms with Gasteiger partial charge in [0.2, 0.25) is 0 Å². The van der Waals surface area contributed by atoms with Crippen molar-refractivity contribution >= 4 is 11.9 Å². The van der Waals surface area contributed by atoms with Gasteiger partial charge in [-0.2, -0.15) is 0 Å². The van der Waals surface area contributed by atoms with E-state index < -0.39 is 5.82 Å². The van der Waals surface area contributed by atoms with Gasteiger partial charge in [-0.1, -0.05) is 25.3 Å². The van der Waals surface area contributed by atoms with Gasteiger partial charge in [0, 0.05) is 43.8 Å². The highest BCUT2D eigenvalue weighted by atomic mass is 19.1. The Labute approximate surface area is 177 Å². The Hall–Kier alpha value is -2.19. The summed E-state index contributed by atoms with van der Waals surface area (Å²) in [6.07, 6.45) is 5.81. The molecule has 0 aromatic heterocycles. The van der Waals surface area contributed by atoms with Gasteiger partial charge in [-0.15, -0.1) is 0 Å². The van der Waals surface area contributed by atoms with Gasteiger partial charge in [-0.25, -0.2) is 9.18 Å². The summed E-state index contributed by atoms with van der Waals surface area (Å²) in [6.45, 7) is 6.16. The Morgan fingerprint density at radius 1 is 1.07 bits per heavy atom. The third kappa shape index (κ3) is 5.92. The zero-order valence-electron chi connectivity index (χ0n) is 17.8. The molecule has 1 aliphatic carbocycles. The maximum atomic E-state index is 13.6. The number of morpholine rings is 1. The number of nitrogens with one attached hydrogen (secondary N) is 3. The first-order valence-corrected chi connectivity index (χ1v) is 10.9. The van der Waals surface area contributed by atoms with Crippen LogP contribution in [0.4, 0.5) is 9.18 Å². The summed E-state index contributed by atoms with van der Waals surface area (Å²) < 4.78 is 19.1. The van der Waals surface area contributed by atoms with E-state index in [4.69, 9.17) is 4.74 Å². The summed E-state index contributed by atoms with van der Waals surface area (Å²) in [5.41, 5.74) is 0.785. The van der Waals surface area contributed by atoms with Crippen LogP contribution >= 0.6 is 0 Å². The number of hydrogen-bond donors (Lipinski definition) is 3. The minimum atomic E-state index is -0.405. The third-order valence-corrected chi connectivity index (χ3v) is 6.17. The highest BCUT2D eigenvalue weighted by Gasteiger charge is 2.38. The fourth-order valence-electron chi connectivity index (χ4n) is 4.35. The first-order valence-electron chi connectivity index (χ1n) is 10.9. The van der Waals surface area contributed by atoms with Gasteiger partial charge in [0.1, 0.15) is 5.82 Å². The van der Waals surface area contributed by atoms with E-state index in [1.807, 2.05) is 0 Å². The smallest absolute Gasteiger partial charge is 0.314 e. The lowest BCUT2D eigenvalue weighted by atomic mass is 9.80. The molecule has 1 saturated heterocycles. The standard InChI is InChI=1S/C22H33FN4O3/c1-17-5-6-18(15-19(17)23)20(28)24-9-10-25-21(29)26-16-22(7-3-2-4-8-22)27-11-13-30-14-12-27/h5-6,15H,2-4,7-14,16H2,1H3,(H,24,28)(H2,25,26,29). The van der Waals surface area contributed by atoms with Crippen LogP contribution in [0.5, 0.6) is 0 Å². The molecule has 1 aromatic carbocycles. The Kier molecular flexibility index (Phi) is 8.04. The molecule has 8 heteroatoms. The summed E-state index contributed by atoms with van der Waals surface area (Å²) in [7, 11) is 0. The van der Waals surface area contributed by atoms with Crippen LogP contribution in [-0.4, -0.2) is 68.3 Å². The SMILES string of the molecule is Cc1ccc(C(=O)NCCNC(=O)NCC2(N3CCOCC3)CCCCC2)cc1F. The molecule has 0 spiro atoms. The van der Waals surface area contributed by atoms with E-state index >= 15 is 0 Å². The number of aryl methyl sites for hydroxylation is 1. The van der Waals surface area contributed by atoms with Gasteiger partial charge in [-0.05, 0) is 37.5 Å². The maximum absolute atomic E-state index is 13.6. The van der Waals surface area contributed by atoms with Gasteiger partial charge in [0.15, 0.2) is 0 Å². The highest BCUT2D eigenvalue weighted by molar-refractivity contribution is 5.94. The highest BCUT2D eigenvalue weighted by Crippen LogP contribution is 2.33. The Bertz CT molecular complexity index is 731. The van der Waals surface area contributed by atoms with E-state index in [1.54, 1.807) is 19.1 Å². The molecule has 3 amide bonds. The number of nitrogens with zero attached hydrogens (tertiary/aromatic N) is 1. The Morgan fingerprint density at radius 3 is 2.47 bits per heavy atom. The molecule has 0 bridgehead atoms. The summed E-state index contributed by atoms with van der Waals surface area (Å²) in [5.74, 6) is -0.762. The summed E-state index contributed by atoms with van der Waals surface area (Å²) in [6, 6.07) is 4.15. The molecule has 0 atom stereocenters. The number of benzene rings is 1. The van der Waals surface area contributed by atoms with Gasteiger partial charge < -0.3 is 20.7 Å². The lowest BCUT2D eigenvalue weighted by Crippen LogP contribution is -2.60. The molecule has 0 radical (unpaired) electrons. The number of amides is 3. The Morgan fingerprint density at radius 2 is 1.77 bits per heavy atom. The molecule has 30 heavy (non-hydrogen) atoms. The van der Waals surface area contributed by atoms with Crippen molar-refractivity contribution in [2.75, 3.05) is 45.9 Å². The van der Waals surface area contributed by atoms with E-state index in [-0.39, 0.29) is 29.6 Å². The molecule has 2 aliphatic rings. The van der Waals surface area contributed by atoms with E-state index in [0.29, 0.717) is 18.7 Å². The van der Waals surface area contributed by atoms with Crippen LogP contribution in [0.2, 0.25) is 0 Å². The van der Waals surface area contributed by atoms with Crippen molar-refractivity contribution in [3.8, 4) is 0 Å². The molecule has 1 aromatic rings. The van der Waals surface area contributed by atoms with Crippen LogP contribution in [-0.2, 0) is 4.74 Å². The van der Waals surface area contributed by atoms with Gasteiger partial charge in [-0.3, -0.25) is 9.69 Å². The van der Waals surface area contributed by atoms with Crippen molar-refractivity contribution in [3.05, 3.63) is 35.1 Å². The van der Waals surface area contributed by atoms with E-state index in [9.17, 15) is 14.0 Å². The molecule has 0 unspecified atom stereocenters. The molecule has 1 heterocycles. The number of rotatable bonds is 7. The van der Waals surface area contributed by atoms with E-state index in [0.717, 1.165) is 39.1 Å². The number of carbonyl (C=O) groups excluding carboxylic acids is 2. The average molecular weight is 421 g/mol. The Balaban J connectivity index is 1.40. The van der Waals surface area contributed by atoms with Crippen molar-refractivity contribution in [2.45, 2.75) is 44.6 Å². The van der Waals surface area contributed by atoms with Crippen molar-refractivity contribution in [3.63, 3.8) is 0 Å². The number of carbonyl (C=O) groups is 2. The van der Waals surface area contributed by atoms with E-state index in [2.05, 4.69) is 20.9 Å². The first-order chi connectivity index (χ1) is 14.5. The van der Waals surface area contributed by atoms with Gasteiger partial charge in [0.25, 0.3) is 5.91 Å². The lowest BCUT2D eigenvalue weighted by molar-refractivity contribution is -0.0357. The fourth-order valence-corrected chi connectivity index (χ4v) is 4.35. The van der Waals surface area contributed by atoms with Crippen molar-refractivity contribution < 1.29 is 18.7 Å². The summed E-state index contributed by atoms with van der Waals surface area (Å²) in [4.78, 5) is 26.8. The molecule has 3 rings (SSSR count). The first kappa shape index (κ1) is 22.5. The van der Waals surface area contributed by atoms with Crippen LogP contribution in [0.3, 0.4) is 0 Å². The molecule has 2 fully saturated rings. The second-order valence-electron chi connectivity index (χ2n) is 8.21. The van der Waals surface area contributed by atoms with Gasteiger partial charge in [0.05, 0.1) is 13.2 Å². The second kappa shape index (κ2) is 10.7. The molecule has 7 nitrogen and oxygen atoms in total. The molecule has 1 aliphatic heterocycles. The predicted molar refractivity (Wildman–Crippen MR) is 113 cm³/mol. The van der Waals surface area contributed by atoms with Gasteiger partial charge >= 0.3 is 6.03 Å². The van der Waals surface area contributed by atoms with Crippen LogP contribution < -0.4 is 16.0 Å². The minimum absolute atomic E-state index is 0.0170. The van der Waals surface area contributed by atoms with Crippen molar-refractivity contribution in [1.82, 2.24) is 20.9 Å². The van der Waals surface area contributed by atoms with Crippen molar-refractivity contribution in [1.29, 1.82) is 0 Å². The predicted octanol–water partition coefficient (Wildman–Crippen LogP) is 2.20. The molecular weight excluding hydrogens is 387 g/mol. The number of halogens is 1. The number of urea groups is 1. The molecular formula is C22H33FN4O3. The van der Waals surface area contributed by atoms with E-state index in [1.165, 1.54) is 25.3 Å². The zero-order chi connectivity index (χ0) is 21.4.